The highest BCUT2D eigenvalue weighted by molar-refractivity contribution is 5.76. The van der Waals surface area contributed by atoms with Gasteiger partial charge in [0.05, 0.1) is 0 Å². The number of hydrogen-bond donors (Lipinski definition) is 3. The lowest BCUT2D eigenvalue weighted by Gasteiger charge is -2.36. The molecule has 2 fully saturated rings. The molecule has 4 heteroatoms. The summed E-state index contributed by atoms with van der Waals surface area (Å²) >= 11 is 0. The molecule has 1 aliphatic carbocycles. The van der Waals surface area contributed by atoms with Crippen LogP contribution in [-0.2, 0) is 4.79 Å². The molecule has 122 valence electrons. The highest BCUT2D eigenvalue weighted by Gasteiger charge is 2.32. The molecule has 21 heavy (non-hydrogen) atoms. The van der Waals surface area contributed by atoms with Crippen molar-refractivity contribution in [2.75, 3.05) is 13.1 Å². The van der Waals surface area contributed by atoms with Crippen LogP contribution in [-0.4, -0.2) is 37.1 Å². The van der Waals surface area contributed by atoms with Crippen molar-refractivity contribution in [2.24, 2.45) is 5.92 Å². The second-order valence-corrected chi connectivity index (χ2v) is 6.84. The van der Waals surface area contributed by atoms with Crippen LogP contribution in [0.4, 0.5) is 0 Å². The normalized spacial score (nSPS) is 31.0. The molecule has 0 aromatic heterocycles. The monoisotopic (exact) mass is 295 g/mol. The third-order valence-corrected chi connectivity index (χ3v) is 5.21. The van der Waals surface area contributed by atoms with Crippen LogP contribution in [0.5, 0.6) is 0 Å². The molecular formula is C17H33N3O. The fourth-order valence-electron chi connectivity index (χ4n) is 3.79. The maximum absolute atomic E-state index is 11.8. The second kappa shape index (κ2) is 8.74. The maximum Gasteiger partial charge on any atom is 0.221 e. The molecule has 1 saturated heterocycles. The van der Waals surface area contributed by atoms with Crippen molar-refractivity contribution in [1.29, 1.82) is 0 Å². The number of rotatable bonds is 7. The molecule has 2 aliphatic rings. The van der Waals surface area contributed by atoms with E-state index in [1.165, 1.54) is 45.1 Å². The zero-order valence-corrected chi connectivity index (χ0v) is 13.8. The van der Waals surface area contributed by atoms with E-state index < -0.39 is 0 Å². The Morgan fingerprint density at radius 2 is 2.05 bits per heavy atom. The highest BCUT2D eigenvalue weighted by Crippen LogP contribution is 2.30. The molecule has 4 unspecified atom stereocenters. The number of nitrogens with one attached hydrogen (secondary N) is 3. The molecule has 3 N–H and O–H groups in total. The number of carbonyl (C=O) groups is 1. The first-order valence-electron chi connectivity index (χ1n) is 8.96. The van der Waals surface area contributed by atoms with Gasteiger partial charge in [0.1, 0.15) is 0 Å². The quantitative estimate of drug-likeness (QED) is 0.675. The predicted molar refractivity (Wildman–Crippen MR) is 87.3 cm³/mol. The Labute approximate surface area is 129 Å². The molecule has 0 radical (unpaired) electrons. The summed E-state index contributed by atoms with van der Waals surface area (Å²) in [6.45, 7) is 6.17. The summed E-state index contributed by atoms with van der Waals surface area (Å²) < 4.78 is 0. The molecule has 1 aliphatic heterocycles. The molecule has 0 aromatic rings. The summed E-state index contributed by atoms with van der Waals surface area (Å²) in [5.41, 5.74) is 0. The second-order valence-electron chi connectivity index (χ2n) is 6.84. The van der Waals surface area contributed by atoms with Gasteiger partial charge >= 0.3 is 0 Å². The number of amides is 1. The first-order chi connectivity index (χ1) is 10.2. The smallest absolute Gasteiger partial charge is 0.221 e. The van der Waals surface area contributed by atoms with Gasteiger partial charge in [-0.15, -0.1) is 0 Å². The summed E-state index contributed by atoms with van der Waals surface area (Å²) in [5.74, 6) is 0.946. The van der Waals surface area contributed by atoms with Gasteiger partial charge in [0.2, 0.25) is 5.91 Å². The molecule has 0 spiro atoms. The average Bonchev–Trinajstić information content (AvgIpc) is 3.01. The summed E-state index contributed by atoms with van der Waals surface area (Å²) in [6.07, 6.45) is 9.57. The topological polar surface area (TPSA) is 53.2 Å². The van der Waals surface area contributed by atoms with Crippen LogP contribution < -0.4 is 16.0 Å². The van der Waals surface area contributed by atoms with E-state index in [2.05, 4.69) is 29.8 Å². The molecule has 0 bridgehead atoms. The van der Waals surface area contributed by atoms with Crippen molar-refractivity contribution in [3.05, 3.63) is 0 Å². The fraction of sp³-hybridized carbons (Fsp3) is 0.941. The van der Waals surface area contributed by atoms with E-state index in [-0.39, 0.29) is 5.91 Å². The Morgan fingerprint density at radius 3 is 2.76 bits per heavy atom. The summed E-state index contributed by atoms with van der Waals surface area (Å²) in [6, 6.07) is 1.60. The van der Waals surface area contributed by atoms with Crippen LogP contribution in [0, 0.1) is 5.92 Å². The summed E-state index contributed by atoms with van der Waals surface area (Å²) in [4.78, 5) is 11.8. The molecule has 4 nitrogen and oxygen atoms in total. The molecule has 1 amide bonds. The Balaban J connectivity index is 1.71. The van der Waals surface area contributed by atoms with Gasteiger partial charge in [-0.2, -0.15) is 0 Å². The van der Waals surface area contributed by atoms with Gasteiger partial charge in [0, 0.05) is 31.1 Å². The Morgan fingerprint density at radius 1 is 1.24 bits per heavy atom. The predicted octanol–water partition coefficient (Wildman–Crippen LogP) is 2.19. The SMILES string of the molecule is CCC(C)NC(=O)CCNC1CCCCC1C1CCCN1. The highest BCUT2D eigenvalue weighted by atomic mass is 16.1. The van der Waals surface area contributed by atoms with E-state index in [9.17, 15) is 4.79 Å². The van der Waals surface area contributed by atoms with Gasteiger partial charge in [0.15, 0.2) is 0 Å². The molecular weight excluding hydrogens is 262 g/mol. The lowest BCUT2D eigenvalue weighted by Crippen LogP contribution is -2.47. The first-order valence-corrected chi connectivity index (χ1v) is 8.96. The van der Waals surface area contributed by atoms with Gasteiger partial charge in [0.25, 0.3) is 0 Å². The third-order valence-electron chi connectivity index (χ3n) is 5.21. The molecule has 2 rings (SSSR count). The lowest BCUT2D eigenvalue weighted by molar-refractivity contribution is -0.121. The van der Waals surface area contributed by atoms with Gasteiger partial charge in [-0.05, 0) is 51.5 Å². The minimum Gasteiger partial charge on any atom is -0.354 e. The zero-order chi connectivity index (χ0) is 15.1. The molecule has 4 atom stereocenters. The van der Waals surface area contributed by atoms with Crippen LogP contribution in [0.15, 0.2) is 0 Å². The van der Waals surface area contributed by atoms with Crippen LogP contribution >= 0.6 is 0 Å². The molecule has 1 saturated carbocycles. The van der Waals surface area contributed by atoms with Crippen molar-refractivity contribution in [2.45, 2.75) is 83.3 Å². The van der Waals surface area contributed by atoms with Crippen LogP contribution in [0.2, 0.25) is 0 Å². The Bertz CT molecular complexity index is 315. The van der Waals surface area contributed by atoms with Crippen LogP contribution in [0.3, 0.4) is 0 Å². The largest absolute Gasteiger partial charge is 0.354 e. The van der Waals surface area contributed by atoms with Crippen molar-refractivity contribution in [3.8, 4) is 0 Å². The Kier molecular flexibility index (Phi) is 6.97. The van der Waals surface area contributed by atoms with Crippen LogP contribution in [0.25, 0.3) is 0 Å². The van der Waals surface area contributed by atoms with Crippen molar-refractivity contribution < 1.29 is 4.79 Å². The standard InChI is InChI=1S/C17H33N3O/c1-3-13(2)20-17(21)10-12-19-15-8-5-4-7-14(15)16-9-6-11-18-16/h13-16,18-19H,3-12H2,1-2H3,(H,20,21). The van der Waals surface area contributed by atoms with E-state index >= 15 is 0 Å². The van der Waals surface area contributed by atoms with E-state index in [0.717, 1.165) is 18.9 Å². The van der Waals surface area contributed by atoms with Crippen molar-refractivity contribution in [1.82, 2.24) is 16.0 Å². The third kappa shape index (κ3) is 5.26. The van der Waals surface area contributed by atoms with Gasteiger partial charge in [-0.1, -0.05) is 19.8 Å². The van der Waals surface area contributed by atoms with Gasteiger partial charge in [-0.25, -0.2) is 0 Å². The van der Waals surface area contributed by atoms with Gasteiger partial charge in [-0.3, -0.25) is 4.79 Å². The average molecular weight is 295 g/mol. The van der Waals surface area contributed by atoms with Crippen molar-refractivity contribution >= 4 is 5.91 Å². The maximum atomic E-state index is 11.8. The lowest BCUT2D eigenvalue weighted by atomic mass is 9.79. The van der Waals surface area contributed by atoms with E-state index in [0.29, 0.717) is 24.5 Å². The minimum atomic E-state index is 0.184. The Hall–Kier alpha value is -0.610. The summed E-state index contributed by atoms with van der Waals surface area (Å²) in [5, 5.41) is 10.4. The number of carbonyl (C=O) groups excluding carboxylic acids is 1. The number of hydrogen-bond acceptors (Lipinski definition) is 3. The molecule has 0 aromatic carbocycles. The van der Waals surface area contributed by atoms with Crippen LogP contribution in [0.1, 0.15) is 65.2 Å². The van der Waals surface area contributed by atoms with Crippen molar-refractivity contribution in [3.63, 3.8) is 0 Å². The fourth-order valence-corrected chi connectivity index (χ4v) is 3.79. The first kappa shape index (κ1) is 16.8. The zero-order valence-electron chi connectivity index (χ0n) is 13.8. The minimum absolute atomic E-state index is 0.184. The van der Waals surface area contributed by atoms with E-state index in [1.54, 1.807) is 0 Å². The molecule has 1 heterocycles. The summed E-state index contributed by atoms with van der Waals surface area (Å²) in [7, 11) is 0. The van der Waals surface area contributed by atoms with E-state index in [1.807, 2.05) is 0 Å². The van der Waals surface area contributed by atoms with Gasteiger partial charge < -0.3 is 16.0 Å². The van der Waals surface area contributed by atoms with E-state index in [4.69, 9.17) is 0 Å².